The largest absolute Gasteiger partial charge is 0.298 e. The van der Waals surface area contributed by atoms with Gasteiger partial charge in [-0.25, -0.2) is 4.98 Å². The van der Waals surface area contributed by atoms with Gasteiger partial charge in [0.15, 0.2) is 11.3 Å². The lowest BCUT2D eigenvalue weighted by Crippen LogP contribution is -2.42. The molecule has 1 atom stereocenters. The summed E-state index contributed by atoms with van der Waals surface area (Å²) in [5, 5.41) is 19.0. The molecule has 7 heteroatoms. The lowest BCUT2D eigenvalue weighted by Gasteiger charge is -2.22. The van der Waals surface area contributed by atoms with Crippen LogP contribution >= 0.6 is 11.3 Å². The lowest BCUT2D eigenvalue weighted by molar-refractivity contribution is -0.121. The van der Waals surface area contributed by atoms with Crippen molar-refractivity contribution in [3.05, 3.63) is 35.2 Å². The molecular formula is C17H15N5OS. The van der Waals surface area contributed by atoms with Gasteiger partial charge in [-0.2, -0.15) is 10.5 Å². The van der Waals surface area contributed by atoms with Crippen LogP contribution in [0.3, 0.4) is 0 Å². The van der Waals surface area contributed by atoms with E-state index in [-0.39, 0.29) is 5.91 Å². The van der Waals surface area contributed by atoms with E-state index in [9.17, 15) is 10.1 Å². The van der Waals surface area contributed by atoms with Crippen LogP contribution in [0.4, 0.5) is 5.13 Å². The van der Waals surface area contributed by atoms with Gasteiger partial charge in [0.2, 0.25) is 0 Å². The number of hydrogen-bond acceptors (Lipinski definition) is 6. The maximum Gasteiger partial charge on any atom is 0.251 e. The quantitative estimate of drug-likeness (QED) is 0.804. The predicted molar refractivity (Wildman–Crippen MR) is 91.0 cm³/mol. The zero-order valence-corrected chi connectivity index (χ0v) is 14.0. The summed E-state index contributed by atoms with van der Waals surface area (Å²) in [5.41, 5.74) is 1.43. The minimum atomic E-state index is -0.436. The van der Waals surface area contributed by atoms with Crippen LogP contribution in [0.25, 0.3) is 11.3 Å². The van der Waals surface area contributed by atoms with E-state index < -0.39 is 6.04 Å². The van der Waals surface area contributed by atoms with Crippen LogP contribution in [0.15, 0.2) is 30.3 Å². The van der Waals surface area contributed by atoms with Crippen LogP contribution in [-0.4, -0.2) is 35.4 Å². The maximum atomic E-state index is 12.7. The average Bonchev–Trinajstić information content (AvgIpc) is 3.27. The number of benzene rings is 1. The second-order valence-corrected chi connectivity index (χ2v) is 6.48. The van der Waals surface area contributed by atoms with Crippen LogP contribution in [0, 0.1) is 22.8 Å². The molecule has 6 nitrogen and oxygen atoms in total. The Bertz CT molecular complexity index is 833. The Morgan fingerprint density at radius 3 is 2.79 bits per heavy atom. The summed E-state index contributed by atoms with van der Waals surface area (Å²) in [6, 6.07) is 11.2. The Morgan fingerprint density at radius 1 is 1.38 bits per heavy atom. The zero-order chi connectivity index (χ0) is 17.1. The van der Waals surface area contributed by atoms with Gasteiger partial charge in [-0.3, -0.25) is 14.6 Å². The lowest BCUT2D eigenvalue weighted by atomic mass is 10.1. The Balaban J connectivity index is 1.90. The molecule has 0 saturated carbocycles. The molecular weight excluding hydrogens is 322 g/mol. The maximum absolute atomic E-state index is 12.7. The van der Waals surface area contributed by atoms with Crippen molar-refractivity contribution in [3.63, 3.8) is 0 Å². The van der Waals surface area contributed by atoms with E-state index in [1.54, 1.807) is 7.05 Å². The standard InChI is InChI=1S/C17H15N5OS/c1-21(16(23)13-8-5-9-22(13)11-19)17-20-15(14(10-18)24-17)12-6-3-2-4-7-12/h2-4,6-7,13H,5,8-9H2,1H3. The predicted octanol–water partition coefficient (Wildman–Crippen LogP) is 2.59. The summed E-state index contributed by atoms with van der Waals surface area (Å²) in [7, 11) is 1.64. The fraction of sp³-hybridized carbons (Fsp3) is 0.294. The first-order valence-corrected chi connectivity index (χ1v) is 8.37. The first kappa shape index (κ1) is 16.0. The SMILES string of the molecule is CN(C(=O)C1CCCN1C#N)c1nc(-c2ccccc2)c(C#N)s1. The number of nitrogens with zero attached hydrogens (tertiary/aromatic N) is 5. The number of carbonyl (C=O) groups excluding carboxylic acids is 1. The topological polar surface area (TPSA) is 84.0 Å². The van der Waals surface area contributed by atoms with Crippen molar-refractivity contribution in [1.82, 2.24) is 9.88 Å². The Hall–Kier alpha value is -2.90. The van der Waals surface area contributed by atoms with Gasteiger partial charge in [0.1, 0.15) is 22.7 Å². The van der Waals surface area contributed by atoms with Gasteiger partial charge in [-0.15, -0.1) is 0 Å². The van der Waals surface area contributed by atoms with E-state index in [1.807, 2.05) is 30.3 Å². The number of carbonyl (C=O) groups is 1. The van der Waals surface area contributed by atoms with Crippen LogP contribution in [0.1, 0.15) is 17.7 Å². The smallest absolute Gasteiger partial charge is 0.251 e. The molecule has 1 aliphatic heterocycles. The second kappa shape index (κ2) is 6.69. The molecule has 2 heterocycles. The summed E-state index contributed by atoms with van der Waals surface area (Å²) < 4.78 is 0. The van der Waals surface area contributed by atoms with Crippen LogP contribution in [0.2, 0.25) is 0 Å². The molecule has 1 saturated heterocycles. The molecule has 1 aromatic carbocycles. The van der Waals surface area contributed by atoms with E-state index in [0.717, 1.165) is 12.0 Å². The number of hydrogen-bond donors (Lipinski definition) is 0. The van der Waals surface area contributed by atoms with Gasteiger partial charge in [-0.05, 0) is 12.8 Å². The highest BCUT2D eigenvalue weighted by molar-refractivity contribution is 7.16. The molecule has 3 rings (SSSR count). The fourth-order valence-electron chi connectivity index (χ4n) is 2.78. The zero-order valence-electron chi connectivity index (χ0n) is 13.1. The minimum absolute atomic E-state index is 0.160. The van der Waals surface area contributed by atoms with Crippen LogP contribution < -0.4 is 4.90 Å². The molecule has 24 heavy (non-hydrogen) atoms. The van der Waals surface area contributed by atoms with Crippen molar-refractivity contribution in [3.8, 4) is 23.5 Å². The van der Waals surface area contributed by atoms with Gasteiger partial charge in [0, 0.05) is 19.2 Å². The molecule has 0 bridgehead atoms. The van der Waals surface area contributed by atoms with Crippen molar-refractivity contribution >= 4 is 22.4 Å². The number of rotatable bonds is 3. The summed E-state index contributed by atoms with van der Waals surface area (Å²) in [6.07, 6.45) is 3.56. The molecule has 0 spiro atoms. The molecule has 1 fully saturated rings. The molecule has 120 valence electrons. The molecule has 1 aliphatic rings. The van der Waals surface area contributed by atoms with Gasteiger partial charge in [0.25, 0.3) is 5.91 Å². The number of nitriles is 2. The van der Waals surface area contributed by atoms with Crippen molar-refractivity contribution in [2.45, 2.75) is 18.9 Å². The van der Waals surface area contributed by atoms with Crippen LogP contribution in [0.5, 0.6) is 0 Å². The van der Waals surface area contributed by atoms with Crippen molar-refractivity contribution in [2.75, 3.05) is 18.5 Å². The second-order valence-electron chi connectivity index (χ2n) is 5.50. The van der Waals surface area contributed by atoms with Gasteiger partial charge in [0.05, 0.1) is 0 Å². The van der Waals surface area contributed by atoms with Gasteiger partial charge < -0.3 is 0 Å². The summed E-state index contributed by atoms with van der Waals surface area (Å²) in [5.74, 6) is -0.160. The number of likely N-dealkylation sites (tertiary alicyclic amines) is 1. The minimum Gasteiger partial charge on any atom is -0.298 e. The Kier molecular flexibility index (Phi) is 4.45. The van der Waals surface area contributed by atoms with Gasteiger partial charge >= 0.3 is 0 Å². The fourth-order valence-corrected chi connectivity index (χ4v) is 3.63. The highest BCUT2D eigenvalue weighted by atomic mass is 32.1. The molecule has 0 aliphatic carbocycles. The van der Waals surface area contributed by atoms with Crippen LogP contribution in [-0.2, 0) is 4.79 Å². The number of likely N-dealkylation sites (N-methyl/N-ethyl adjacent to an activating group) is 1. The molecule has 1 amide bonds. The molecule has 0 N–H and O–H groups in total. The first-order chi connectivity index (χ1) is 11.7. The molecule has 2 aromatic rings. The summed E-state index contributed by atoms with van der Waals surface area (Å²) in [4.78, 5) is 20.6. The third kappa shape index (κ3) is 2.82. The van der Waals surface area contributed by atoms with Crippen molar-refractivity contribution in [2.24, 2.45) is 0 Å². The van der Waals surface area contributed by atoms with Crippen molar-refractivity contribution < 1.29 is 4.79 Å². The first-order valence-electron chi connectivity index (χ1n) is 7.56. The van der Waals surface area contributed by atoms with E-state index in [0.29, 0.717) is 28.7 Å². The number of amides is 1. The number of aromatic nitrogens is 1. The highest BCUT2D eigenvalue weighted by Crippen LogP contribution is 2.33. The Labute approximate surface area is 144 Å². The highest BCUT2D eigenvalue weighted by Gasteiger charge is 2.33. The summed E-state index contributed by atoms with van der Waals surface area (Å²) >= 11 is 1.19. The summed E-state index contributed by atoms with van der Waals surface area (Å²) in [6.45, 7) is 0.608. The number of anilines is 1. The molecule has 1 aromatic heterocycles. The normalized spacial score (nSPS) is 16.5. The van der Waals surface area contributed by atoms with E-state index in [1.165, 1.54) is 21.1 Å². The third-order valence-corrected chi connectivity index (χ3v) is 5.08. The Morgan fingerprint density at radius 2 is 2.12 bits per heavy atom. The average molecular weight is 337 g/mol. The van der Waals surface area contributed by atoms with Gasteiger partial charge in [-0.1, -0.05) is 41.7 Å². The molecule has 0 radical (unpaired) electrons. The monoisotopic (exact) mass is 337 g/mol. The molecule has 1 unspecified atom stereocenters. The number of thiazole rings is 1. The van der Waals surface area contributed by atoms with E-state index in [2.05, 4.69) is 17.2 Å². The van der Waals surface area contributed by atoms with E-state index in [4.69, 9.17) is 5.26 Å². The van der Waals surface area contributed by atoms with Crippen molar-refractivity contribution in [1.29, 1.82) is 10.5 Å². The van der Waals surface area contributed by atoms with E-state index >= 15 is 0 Å². The third-order valence-electron chi connectivity index (χ3n) is 4.05.